The fourth-order valence-electron chi connectivity index (χ4n) is 2.29. The number of nitrogens with one attached hydrogen (secondary N) is 1. The van der Waals surface area contributed by atoms with Crippen LogP contribution in [-0.4, -0.2) is 60.6 Å². The zero-order valence-electron chi connectivity index (χ0n) is 12.5. The number of likely N-dealkylation sites (N-methyl/N-ethyl adjacent to an activating group) is 1. The van der Waals surface area contributed by atoms with Crippen molar-refractivity contribution in [2.24, 2.45) is 0 Å². The third kappa shape index (κ3) is 8.81. The first-order valence-corrected chi connectivity index (χ1v) is 6.94. The lowest BCUT2D eigenvalue weighted by Gasteiger charge is -2.29. The smallest absolute Gasteiger partial charge is 0.0543 e. The van der Waals surface area contributed by atoms with E-state index in [2.05, 4.69) is 39.2 Å². The van der Waals surface area contributed by atoms with Gasteiger partial charge in [-0.05, 0) is 18.7 Å². The molecule has 1 aliphatic heterocycles. The topological polar surface area (TPSA) is 31.4 Å². The van der Waals surface area contributed by atoms with Crippen molar-refractivity contribution in [1.82, 2.24) is 20.1 Å². The third-order valence-electron chi connectivity index (χ3n) is 3.50. The zero-order valence-corrected chi connectivity index (χ0v) is 15.0. The van der Waals surface area contributed by atoms with E-state index in [1.165, 1.54) is 25.3 Å². The SMILES string of the molecule is CCN(CCN1CCNCC1)Cc1ccccn1.Cl.Cl.Cl. The molecule has 21 heavy (non-hydrogen) atoms. The standard InChI is InChI=1S/C14H24N4.3ClH/c1-2-17(13-14-5-3-4-6-16-14)11-12-18-9-7-15-8-10-18;;;/h3-6,15H,2,7-13H2,1H3;3*1H. The second-order valence-corrected chi connectivity index (χ2v) is 4.78. The Bertz CT molecular complexity index is 334. The van der Waals surface area contributed by atoms with Crippen LogP contribution in [0.4, 0.5) is 0 Å². The molecule has 0 aliphatic carbocycles. The molecule has 1 aliphatic rings. The Morgan fingerprint density at radius 1 is 1.19 bits per heavy atom. The molecule has 2 rings (SSSR count). The lowest BCUT2D eigenvalue weighted by Crippen LogP contribution is -2.46. The molecule has 0 amide bonds. The van der Waals surface area contributed by atoms with E-state index in [1.54, 1.807) is 0 Å². The molecule has 124 valence electrons. The molecule has 0 bridgehead atoms. The van der Waals surface area contributed by atoms with Crippen LogP contribution in [0.1, 0.15) is 12.6 Å². The summed E-state index contributed by atoms with van der Waals surface area (Å²) in [6, 6.07) is 6.14. The highest BCUT2D eigenvalue weighted by atomic mass is 35.5. The number of pyridine rings is 1. The van der Waals surface area contributed by atoms with Gasteiger partial charge in [-0.2, -0.15) is 0 Å². The summed E-state index contributed by atoms with van der Waals surface area (Å²) < 4.78 is 0. The minimum Gasteiger partial charge on any atom is -0.314 e. The van der Waals surface area contributed by atoms with Crippen LogP contribution in [-0.2, 0) is 6.54 Å². The highest BCUT2D eigenvalue weighted by molar-refractivity contribution is 5.86. The fraction of sp³-hybridized carbons (Fsp3) is 0.643. The highest BCUT2D eigenvalue weighted by Crippen LogP contribution is 2.01. The van der Waals surface area contributed by atoms with Gasteiger partial charge in [-0.3, -0.25) is 14.8 Å². The van der Waals surface area contributed by atoms with Gasteiger partial charge in [0.05, 0.1) is 5.69 Å². The van der Waals surface area contributed by atoms with Gasteiger partial charge in [0.1, 0.15) is 0 Å². The Morgan fingerprint density at radius 2 is 1.90 bits per heavy atom. The van der Waals surface area contributed by atoms with Crippen LogP contribution in [0.25, 0.3) is 0 Å². The van der Waals surface area contributed by atoms with Gasteiger partial charge in [-0.25, -0.2) is 0 Å². The summed E-state index contributed by atoms with van der Waals surface area (Å²) in [5.74, 6) is 0. The quantitative estimate of drug-likeness (QED) is 0.844. The van der Waals surface area contributed by atoms with E-state index >= 15 is 0 Å². The van der Waals surface area contributed by atoms with Crippen molar-refractivity contribution in [3.05, 3.63) is 30.1 Å². The first-order valence-electron chi connectivity index (χ1n) is 6.94. The van der Waals surface area contributed by atoms with E-state index in [-0.39, 0.29) is 37.2 Å². The molecule has 1 aromatic rings. The van der Waals surface area contributed by atoms with Crippen molar-refractivity contribution in [3.8, 4) is 0 Å². The van der Waals surface area contributed by atoms with Crippen LogP contribution < -0.4 is 5.32 Å². The molecule has 1 aromatic heterocycles. The van der Waals surface area contributed by atoms with E-state index in [0.29, 0.717) is 0 Å². The van der Waals surface area contributed by atoms with Crippen molar-refractivity contribution in [3.63, 3.8) is 0 Å². The van der Waals surface area contributed by atoms with Gasteiger partial charge in [0, 0.05) is 52.0 Å². The van der Waals surface area contributed by atoms with E-state index in [1.807, 2.05) is 12.3 Å². The summed E-state index contributed by atoms with van der Waals surface area (Å²) in [4.78, 5) is 9.40. The van der Waals surface area contributed by atoms with Crippen molar-refractivity contribution in [2.45, 2.75) is 13.5 Å². The van der Waals surface area contributed by atoms with E-state index in [9.17, 15) is 0 Å². The molecule has 1 N–H and O–H groups in total. The van der Waals surface area contributed by atoms with E-state index in [4.69, 9.17) is 0 Å². The predicted molar refractivity (Wildman–Crippen MR) is 96.2 cm³/mol. The van der Waals surface area contributed by atoms with Crippen molar-refractivity contribution >= 4 is 37.2 Å². The van der Waals surface area contributed by atoms with Gasteiger partial charge < -0.3 is 5.32 Å². The van der Waals surface area contributed by atoms with Crippen molar-refractivity contribution in [1.29, 1.82) is 0 Å². The maximum Gasteiger partial charge on any atom is 0.0543 e. The molecule has 7 heteroatoms. The van der Waals surface area contributed by atoms with Crippen LogP contribution >= 0.6 is 37.2 Å². The average Bonchev–Trinajstić information content (AvgIpc) is 2.45. The zero-order chi connectivity index (χ0) is 12.6. The van der Waals surface area contributed by atoms with Gasteiger partial charge >= 0.3 is 0 Å². The number of nitrogens with zero attached hydrogens (tertiary/aromatic N) is 3. The van der Waals surface area contributed by atoms with Crippen LogP contribution in [0.2, 0.25) is 0 Å². The molecule has 0 unspecified atom stereocenters. The van der Waals surface area contributed by atoms with Gasteiger partial charge in [-0.1, -0.05) is 13.0 Å². The minimum atomic E-state index is 0. The molecule has 0 spiro atoms. The Balaban J connectivity index is 0. The lowest BCUT2D eigenvalue weighted by atomic mass is 10.3. The first kappa shape index (κ1) is 23.2. The molecule has 0 saturated carbocycles. The van der Waals surface area contributed by atoms with Crippen LogP contribution in [0.5, 0.6) is 0 Å². The highest BCUT2D eigenvalue weighted by Gasteiger charge is 2.11. The second kappa shape index (κ2) is 13.6. The van der Waals surface area contributed by atoms with Gasteiger partial charge in [-0.15, -0.1) is 37.2 Å². The second-order valence-electron chi connectivity index (χ2n) is 4.78. The maximum atomic E-state index is 4.40. The molecular weight excluding hydrogens is 331 g/mol. The number of hydrogen-bond donors (Lipinski definition) is 1. The Kier molecular flexibility index (Phi) is 15.0. The average molecular weight is 358 g/mol. The monoisotopic (exact) mass is 356 g/mol. The largest absolute Gasteiger partial charge is 0.314 e. The first-order chi connectivity index (χ1) is 8.88. The van der Waals surface area contributed by atoms with Crippen LogP contribution in [0, 0.1) is 0 Å². The number of halogens is 3. The number of aromatic nitrogens is 1. The molecule has 1 fully saturated rings. The fourth-order valence-corrected chi connectivity index (χ4v) is 2.29. The summed E-state index contributed by atoms with van der Waals surface area (Å²) >= 11 is 0. The molecule has 0 aromatic carbocycles. The minimum absolute atomic E-state index is 0. The molecule has 1 saturated heterocycles. The summed E-state index contributed by atoms with van der Waals surface area (Å²) in [7, 11) is 0. The summed E-state index contributed by atoms with van der Waals surface area (Å²) in [6.45, 7) is 11.2. The molecule has 0 atom stereocenters. The van der Waals surface area contributed by atoms with Gasteiger partial charge in [0.25, 0.3) is 0 Å². The maximum absolute atomic E-state index is 4.40. The predicted octanol–water partition coefficient (Wildman–Crippen LogP) is 2.07. The normalized spacial score (nSPS) is 14.8. The van der Waals surface area contributed by atoms with Gasteiger partial charge in [0.2, 0.25) is 0 Å². The summed E-state index contributed by atoms with van der Waals surface area (Å²) in [6.07, 6.45) is 1.87. The van der Waals surface area contributed by atoms with E-state index in [0.717, 1.165) is 32.7 Å². The number of hydrogen-bond acceptors (Lipinski definition) is 4. The van der Waals surface area contributed by atoms with Crippen molar-refractivity contribution in [2.75, 3.05) is 45.8 Å². The Labute approximate surface area is 146 Å². The van der Waals surface area contributed by atoms with E-state index < -0.39 is 0 Å². The molecular formula is C14H27Cl3N4. The molecule has 2 heterocycles. The lowest BCUT2D eigenvalue weighted by molar-refractivity contribution is 0.188. The van der Waals surface area contributed by atoms with Crippen LogP contribution in [0.15, 0.2) is 24.4 Å². The molecule has 0 radical (unpaired) electrons. The van der Waals surface area contributed by atoms with Crippen LogP contribution in [0.3, 0.4) is 0 Å². The Morgan fingerprint density at radius 3 is 2.48 bits per heavy atom. The number of rotatable bonds is 6. The molecule has 4 nitrogen and oxygen atoms in total. The Hall–Kier alpha value is -0.100. The summed E-state index contributed by atoms with van der Waals surface area (Å²) in [5, 5.41) is 3.39. The number of piperazine rings is 1. The summed E-state index contributed by atoms with van der Waals surface area (Å²) in [5.41, 5.74) is 1.17. The van der Waals surface area contributed by atoms with Gasteiger partial charge in [0.15, 0.2) is 0 Å². The van der Waals surface area contributed by atoms with Crippen molar-refractivity contribution < 1.29 is 0 Å². The third-order valence-corrected chi connectivity index (χ3v) is 3.50.